The van der Waals surface area contributed by atoms with Crippen LogP contribution in [0.2, 0.25) is 0 Å². The first-order chi connectivity index (χ1) is 9.10. The Morgan fingerprint density at radius 2 is 2.16 bits per heavy atom. The van der Waals surface area contributed by atoms with E-state index >= 15 is 0 Å². The van der Waals surface area contributed by atoms with E-state index in [0.717, 1.165) is 24.5 Å². The predicted molar refractivity (Wildman–Crippen MR) is 79.3 cm³/mol. The van der Waals surface area contributed by atoms with Gasteiger partial charge in [-0.3, -0.25) is 4.68 Å². The summed E-state index contributed by atoms with van der Waals surface area (Å²) >= 11 is 1.79. The van der Waals surface area contributed by atoms with Crippen LogP contribution < -0.4 is 5.32 Å². The van der Waals surface area contributed by atoms with Crippen LogP contribution in [-0.4, -0.2) is 14.8 Å². The Bertz CT molecular complexity index is 527. The number of nitrogens with zero attached hydrogens (tertiary/aromatic N) is 3. The largest absolute Gasteiger partial charge is 0.306 e. The van der Waals surface area contributed by atoms with Crippen molar-refractivity contribution in [2.45, 2.75) is 46.2 Å². The van der Waals surface area contributed by atoms with Crippen molar-refractivity contribution in [1.82, 2.24) is 20.1 Å². The van der Waals surface area contributed by atoms with Gasteiger partial charge in [-0.25, -0.2) is 4.98 Å². The van der Waals surface area contributed by atoms with Gasteiger partial charge in [-0.2, -0.15) is 5.10 Å². The molecular weight excluding hydrogens is 256 g/mol. The average molecular weight is 278 g/mol. The molecule has 0 amide bonds. The number of aryl methyl sites for hydroxylation is 2. The maximum atomic E-state index is 4.52. The zero-order valence-electron chi connectivity index (χ0n) is 12.1. The topological polar surface area (TPSA) is 42.7 Å². The lowest BCUT2D eigenvalue weighted by atomic mass is 10.1. The number of thiazole rings is 1. The van der Waals surface area contributed by atoms with Gasteiger partial charge in [0.25, 0.3) is 0 Å². The molecule has 4 nitrogen and oxygen atoms in total. The molecule has 5 heteroatoms. The highest BCUT2D eigenvalue weighted by Gasteiger charge is 2.11. The van der Waals surface area contributed by atoms with Crippen LogP contribution in [0, 0.1) is 0 Å². The Kier molecular flexibility index (Phi) is 4.71. The molecule has 0 saturated carbocycles. The third kappa shape index (κ3) is 3.64. The Morgan fingerprint density at radius 3 is 2.79 bits per heavy atom. The van der Waals surface area contributed by atoms with Crippen molar-refractivity contribution < 1.29 is 0 Å². The van der Waals surface area contributed by atoms with Crippen LogP contribution >= 0.6 is 11.3 Å². The van der Waals surface area contributed by atoms with Crippen LogP contribution in [0.3, 0.4) is 0 Å². The van der Waals surface area contributed by atoms with Gasteiger partial charge in [-0.1, -0.05) is 20.8 Å². The van der Waals surface area contributed by atoms with Gasteiger partial charge in [0, 0.05) is 43.0 Å². The van der Waals surface area contributed by atoms with Crippen LogP contribution in [0.4, 0.5) is 0 Å². The summed E-state index contributed by atoms with van der Waals surface area (Å²) in [6.07, 6.45) is 5.14. The number of rotatable bonds is 6. The average Bonchev–Trinajstić information content (AvgIpc) is 2.96. The summed E-state index contributed by atoms with van der Waals surface area (Å²) in [5, 5.41) is 9.13. The lowest BCUT2D eigenvalue weighted by Crippen LogP contribution is -2.13. The van der Waals surface area contributed by atoms with E-state index in [4.69, 9.17) is 0 Å². The zero-order valence-corrected chi connectivity index (χ0v) is 12.9. The Hall–Kier alpha value is -1.20. The first-order valence-electron chi connectivity index (χ1n) is 6.76. The Balaban J connectivity index is 1.92. The molecule has 2 aromatic rings. The second-order valence-electron chi connectivity index (χ2n) is 5.05. The molecule has 0 radical (unpaired) electrons. The second-order valence-corrected chi connectivity index (χ2v) is 6.25. The molecule has 2 aromatic heterocycles. The third-order valence-corrected chi connectivity index (χ3v) is 4.17. The molecule has 1 N–H and O–H groups in total. The summed E-state index contributed by atoms with van der Waals surface area (Å²) in [5.74, 6) is 0.463. The van der Waals surface area contributed by atoms with Crippen molar-refractivity contribution in [2.24, 2.45) is 7.05 Å². The number of aromatic nitrogens is 3. The highest BCUT2D eigenvalue weighted by molar-refractivity contribution is 7.11. The standard InChI is InChI=1S/C14H22N4S/c1-5-12-7-16-13(19-12)8-15-6-11-9-18(4)17-14(11)10(2)3/h7,9-10,15H,5-6,8H2,1-4H3. The minimum atomic E-state index is 0.463. The molecule has 0 bridgehead atoms. The van der Waals surface area contributed by atoms with E-state index in [1.807, 2.05) is 17.9 Å². The minimum Gasteiger partial charge on any atom is -0.306 e. The van der Waals surface area contributed by atoms with Gasteiger partial charge in [-0.15, -0.1) is 11.3 Å². The Morgan fingerprint density at radius 1 is 1.37 bits per heavy atom. The van der Waals surface area contributed by atoms with Crippen LogP contribution in [0.25, 0.3) is 0 Å². The van der Waals surface area contributed by atoms with Gasteiger partial charge < -0.3 is 5.32 Å². The fraction of sp³-hybridized carbons (Fsp3) is 0.571. The van der Waals surface area contributed by atoms with Crippen LogP contribution in [-0.2, 0) is 26.6 Å². The van der Waals surface area contributed by atoms with Crippen LogP contribution in [0.5, 0.6) is 0 Å². The van der Waals surface area contributed by atoms with Crippen LogP contribution in [0.15, 0.2) is 12.4 Å². The second kappa shape index (κ2) is 6.30. The molecule has 0 aliphatic rings. The van der Waals surface area contributed by atoms with Crippen molar-refractivity contribution in [3.8, 4) is 0 Å². The molecule has 0 spiro atoms. The maximum absolute atomic E-state index is 4.52. The highest BCUT2D eigenvalue weighted by atomic mass is 32.1. The SMILES string of the molecule is CCc1cnc(CNCc2cn(C)nc2C(C)C)s1. The van der Waals surface area contributed by atoms with Gasteiger partial charge in [-0.05, 0) is 12.3 Å². The van der Waals surface area contributed by atoms with E-state index in [1.165, 1.54) is 16.1 Å². The summed E-state index contributed by atoms with van der Waals surface area (Å²) in [6, 6.07) is 0. The summed E-state index contributed by atoms with van der Waals surface area (Å²) in [7, 11) is 1.98. The fourth-order valence-corrected chi connectivity index (χ4v) is 2.91. The van der Waals surface area contributed by atoms with Gasteiger partial charge >= 0.3 is 0 Å². The Labute approximate surface area is 118 Å². The molecule has 0 atom stereocenters. The molecule has 0 aromatic carbocycles. The van der Waals surface area contributed by atoms with Gasteiger partial charge in [0.2, 0.25) is 0 Å². The first-order valence-corrected chi connectivity index (χ1v) is 7.58. The van der Waals surface area contributed by atoms with E-state index in [9.17, 15) is 0 Å². The van der Waals surface area contributed by atoms with Crippen molar-refractivity contribution >= 4 is 11.3 Å². The molecule has 0 fully saturated rings. The maximum Gasteiger partial charge on any atom is 0.107 e. The van der Waals surface area contributed by atoms with Crippen molar-refractivity contribution in [3.63, 3.8) is 0 Å². The molecule has 104 valence electrons. The van der Waals surface area contributed by atoms with E-state index in [-0.39, 0.29) is 0 Å². The van der Waals surface area contributed by atoms with E-state index in [2.05, 4.69) is 42.4 Å². The van der Waals surface area contributed by atoms with Gasteiger partial charge in [0.05, 0.1) is 5.69 Å². The lowest BCUT2D eigenvalue weighted by molar-refractivity contribution is 0.675. The third-order valence-electron chi connectivity index (χ3n) is 3.03. The zero-order chi connectivity index (χ0) is 13.8. The van der Waals surface area contributed by atoms with Crippen molar-refractivity contribution in [1.29, 1.82) is 0 Å². The quantitative estimate of drug-likeness (QED) is 0.883. The first kappa shape index (κ1) is 14.2. The fourth-order valence-electron chi connectivity index (χ4n) is 2.07. The monoisotopic (exact) mass is 278 g/mol. The van der Waals surface area contributed by atoms with E-state index < -0.39 is 0 Å². The molecule has 0 aliphatic heterocycles. The molecule has 0 unspecified atom stereocenters. The lowest BCUT2D eigenvalue weighted by Gasteiger charge is -2.05. The molecule has 2 rings (SSSR count). The van der Waals surface area contributed by atoms with Crippen molar-refractivity contribution in [3.05, 3.63) is 33.5 Å². The molecular formula is C14H22N4S. The summed E-state index contributed by atoms with van der Waals surface area (Å²) < 4.78 is 1.89. The summed E-state index contributed by atoms with van der Waals surface area (Å²) in [5.41, 5.74) is 2.47. The molecule has 0 saturated heterocycles. The number of hydrogen-bond acceptors (Lipinski definition) is 4. The van der Waals surface area contributed by atoms with Crippen LogP contribution in [0.1, 0.15) is 47.8 Å². The molecule has 2 heterocycles. The van der Waals surface area contributed by atoms with Gasteiger partial charge in [0.1, 0.15) is 5.01 Å². The summed E-state index contributed by atoms with van der Waals surface area (Å²) in [6.45, 7) is 8.20. The predicted octanol–water partition coefficient (Wildman–Crippen LogP) is 2.85. The number of nitrogens with one attached hydrogen (secondary N) is 1. The normalized spacial score (nSPS) is 11.4. The van der Waals surface area contributed by atoms with E-state index in [1.54, 1.807) is 11.3 Å². The minimum absolute atomic E-state index is 0.463. The number of hydrogen-bond donors (Lipinski definition) is 1. The van der Waals surface area contributed by atoms with Crippen molar-refractivity contribution in [2.75, 3.05) is 0 Å². The smallest absolute Gasteiger partial charge is 0.107 e. The summed E-state index contributed by atoms with van der Waals surface area (Å²) in [4.78, 5) is 5.76. The molecule has 0 aliphatic carbocycles. The highest BCUT2D eigenvalue weighted by Crippen LogP contribution is 2.17. The van der Waals surface area contributed by atoms with Gasteiger partial charge in [0.15, 0.2) is 0 Å². The molecule has 19 heavy (non-hydrogen) atoms. The van der Waals surface area contributed by atoms with E-state index in [0.29, 0.717) is 5.92 Å².